The molecule has 0 N–H and O–H groups in total. The van der Waals surface area contributed by atoms with Gasteiger partial charge in [-0.3, -0.25) is 0 Å². The Morgan fingerprint density at radius 3 is 1.39 bits per heavy atom. The summed E-state index contributed by atoms with van der Waals surface area (Å²) in [5.74, 6) is 7.73. The highest BCUT2D eigenvalue weighted by Gasteiger charge is 2.41. The average Bonchev–Trinajstić information content (AvgIpc) is 3.12. The Balaban J connectivity index is 0.000000324. The van der Waals surface area contributed by atoms with Crippen molar-refractivity contribution in [3.8, 4) is 23.3 Å². The minimum Gasteiger partial charge on any atom is -0.206 e. The Labute approximate surface area is 373 Å². The highest BCUT2D eigenvalue weighted by molar-refractivity contribution is 14.1. The van der Waals surface area contributed by atoms with Crippen molar-refractivity contribution >= 4 is 62.5 Å². The predicted octanol–water partition coefficient (Wildman–Crippen LogP) is 16.8. The molecule has 0 aliphatic rings. The number of hydrogen-bond donors (Lipinski definition) is 0. The highest BCUT2D eigenvalue weighted by atomic mass is 127. The molecule has 0 atom stereocenters. The summed E-state index contributed by atoms with van der Waals surface area (Å²) >= 11 is 8.30. The van der Waals surface area contributed by atoms with Crippen LogP contribution in [0, 0.1) is 64.0 Å². The van der Waals surface area contributed by atoms with E-state index in [0.29, 0.717) is 35.8 Å². The summed E-state index contributed by atoms with van der Waals surface area (Å²) in [5, 5.41) is 0. The molecule has 0 bridgehead atoms. The van der Waals surface area contributed by atoms with Gasteiger partial charge in [0, 0.05) is 12.5 Å². The zero-order valence-corrected chi connectivity index (χ0v) is 41.6. The molecule has 57 heavy (non-hydrogen) atoms. The lowest BCUT2D eigenvalue weighted by Crippen LogP contribution is -2.43. The topological polar surface area (TPSA) is 0 Å². The fraction of sp³-hybridized carbons (Fsp3) is 0.429. The summed E-state index contributed by atoms with van der Waals surface area (Å²) in [6.07, 6.45) is 8.71. The zero-order chi connectivity index (χ0) is 42.9. The van der Waals surface area contributed by atoms with E-state index in [0.717, 1.165) is 65.3 Å². The Morgan fingerprint density at radius 1 is 0.561 bits per heavy atom. The van der Waals surface area contributed by atoms with Gasteiger partial charge >= 0.3 is 0 Å². The van der Waals surface area contributed by atoms with E-state index in [9.17, 15) is 17.6 Å². The molecule has 0 aliphatic heterocycles. The van der Waals surface area contributed by atoms with Crippen LogP contribution in [0.1, 0.15) is 133 Å². The lowest BCUT2D eigenvalue weighted by atomic mass is 10.0. The van der Waals surface area contributed by atoms with E-state index in [2.05, 4.69) is 117 Å². The van der Waals surface area contributed by atoms with E-state index >= 15 is 0 Å². The van der Waals surface area contributed by atoms with Crippen molar-refractivity contribution in [2.24, 2.45) is 0 Å². The van der Waals surface area contributed by atoms with Gasteiger partial charge in [-0.1, -0.05) is 143 Å². The fourth-order valence-corrected chi connectivity index (χ4v) is 13.4. The van der Waals surface area contributed by atoms with Crippen LogP contribution >= 0.6 is 54.5 Å². The first-order valence-electron chi connectivity index (χ1n) is 20.1. The van der Waals surface area contributed by atoms with E-state index < -0.39 is 13.9 Å². The Morgan fingerprint density at radius 2 is 1.00 bits per heavy atom. The van der Waals surface area contributed by atoms with Gasteiger partial charge in [0.15, 0.2) is 0 Å². The summed E-state index contributed by atoms with van der Waals surface area (Å²) in [6.45, 7) is 21.9. The van der Waals surface area contributed by atoms with E-state index in [1.807, 2.05) is 48.6 Å². The van der Waals surface area contributed by atoms with Crippen molar-refractivity contribution in [2.45, 2.75) is 137 Å². The van der Waals surface area contributed by atoms with E-state index in [4.69, 9.17) is 0 Å². The van der Waals surface area contributed by atoms with Crippen molar-refractivity contribution in [1.29, 1.82) is 0 Å². The standard InChI is InChI=1S/C23H37FSi.C20H19BrF2.C6H3BrFI/c1-9-10-11-12-21-15-20(8)22(23(24)16-21)13-14-25(17(2)3,18(4)5)19(6)7;1-3-4-5-6-15-11-14(2)18(20(23)12-15)10-8-16-7-9-17(21)13-19(16)22;7-4-1-2-6(9)5(8)3-4/h15-19H,9-12H2,1-8H3;7,9,11-13H,3-6H2,1-2H3;1-3H. The van der Waals surface area contributed by atoms with Crippen LogP contribution in [0.25, 0.3) is 0 Å². The number of hydrogen-bond acceptors (Lipinski definition) is 0. The summed E-state index contributed by atoms with van der Waals surface area (Å²) < 4.78 is 57.4. The fourth-order valence-electron chi connectivity index (χ4n) is 7.19. The molecule has 0 aliphatic carbocycles. The second kappa shape index (κ2) is 25.3. The largest absolute Gasteiger partial charge is 0.206 e. The molecule has 8 heteroatoms. The molecule has 0 amide bonds. The van der Waals surface area contributed by atoms with Crippen molar-refractivity contribution in [2.75, 3.05) is 0 Å². The smallest absolute Gasteiger partial charge is 0.146 e. The van der Waals surface area contributed by atoms with Gasteiger partial charge in [-0.05, 0) is 150 Å². The molecule has 0 heterocycles. The normalized spacial score (nSPS) is 10.9. The van der Waals surface area contributed by atoms with Gasteiger partial charge in [-0.15, -0.1) is 5.54 Å². The first-order chi connectivity index (χ1) is 26.9. The quantitative estimate of drug-likeness (QED) is 0.0351. The van der Waals surface area contributed by atoms with E-state index in [1.54, 1.807) is 30.3 Å². The van der Waals surface area contributed by atoms with Gasteiger partial charge in [0.2, 0.25) is 0 Å². The van der Waals surface area contributed by atoms with Crippen molar-refractivity contribution in [3.63, 3.8) is 0 Å². The molecule has 0 saturated carbocycles. The van der Waals surface area contributed by atoms with Crippen LogP contribution in [0.5, 0.6) is 0 Å². The second-order valence-corrected chi connectivity index (χ2v) is 24.1. The third-order valence-electron chi connectivity index (χ3n) is 10.2. The van der Waals surface area contributed by atoms with Crippen LogP contribution in [0.15, 0.2) is 69.6 Å². The first kappa shape index (κ1) is 50.8. The minimum absolute atomic E-state index is 0.141. The van der Waals surface area contributed by atoms with Gasteiger partial charge in [-0.2, -0.15) is 0 Å². The molecule has 0 radical (unpaired) electrons. The Kier molecular flexibility index (Phi) is 22.5. The maximum Gasteiger partial charge on any atom is 0.146 e. The maximum absolute atomic E-state index is 14.7. The number of benzene rings is 4. The molecule has 308 valence electrons. The summed E-state index contributed by atoms with van der Waals surface area (Å²) in [4.78, 5) is 0. The van der Waals surface area contributed by atoms with Crippen molar-refractivity contribution < 1.29 is 17.6 Å². The van der Waals surface area contributed by atoms with Crippen LogP contribution in [0.2, 0.25) is 16.6 Å². The van der Waals surface area contributed by atoms with Crippen LogP contribution in [-0.4, -0.2) is 8.07 Å². The lowest BCUT2D eigenvalue weighted by molar-refractivity contribution is 0.617. The number of rotatable bonds is 11. The molecule has 4 rings (SSSR count). The van der Waals surface area contributed by atoms with Gasteiger partial charge in [0.05, 0.1) is 16.7 Å². The third-order valence-corrected chi connectivity index (χ3v) is 18.4. The van der Waals surface area contributed by atoms with E-state index in [-0.39, 0.29) is 23.0 Å². The monoisotopic (exact) mass is 1040 g/mol. The number of unbranched alkanes of at least 4 members (excludes halogenated alkanes) is 4. The predicted molar refractivity (Wildman–Crippen MR) is 254 cm³/mol. The Bertz CT molecular complexity index is 1970. The molecule has 0 unspecified atom stereocenters. The first-order valence-corrected chi connectivity index (χ1v) is 25.0. The molecule has 0 aromatic heterocycles. The number of aryl methyl sites for hydroxylation is 4. The minimum atomic E-state index is -1.82. The SMILES string of the molecule is CCCCCc1cc(C)c(C#C[Si](C(C)C)(C(C)C)C(C)C)c(F)c1.CCCCCc1cc(C)c(C#Cc2ccc(Br)cc2F)c(F)c1.Fc1cc(Br)ccc1I. The lowest BCUT2D eigenvalue weighted by Gasteiger charge is -2.38. The Hall–Kier alpha value is -2.37. The summed E-state index contributed by atoms with van der Waals surface area (Å²) in [7, 11) is -1.82. The zero-order valence-electron chi connectivity index (χ0n) is 35.3. The van der Waals surface area contributed by atoms with Crippen molar-refractivity contribution in [3.05, 3.63) is 135 Å². The molecule has 0 spiro atoms. The second-order valence-electron chi connectivity index (χ2n) is 15.5. The molecular weight excluding hydrogens is 979 g/mol. The van der Waals surface area contributed by atoms with Gasteiger partial charge < -0.3 is 0 Å². The molecule has 0 saturated heterocycles. The summed E-state index contributed by atoms with van der Waals surface area (Å²) in [6, 6.07) is 17.0. The highest BCUT2D eigenvalue weighted by Crippen LogP contribution is 2.41. The molecule has 4 aromatic rings. The third kappa shape index (κ3) is 16.0. The van der Waals surface area contributed by atoms with Gasteiger partial charge in [0.1, 0.15) is 31.3 Å². The molecule has 4 aromatic carbocycles. The number of halogens is 7. The van der Waals surface area contributed by atoms with Crippen molar-refractivity contribution in [1.82, 2.24) is 0 Å². The van der Waals surface area contributed by atoms with Crippen LogP contribution in [0.3, 0.4) is 0 Å². The summed E-state index contributed by atoms with van der Waals surface area (Å²) in [5.41, 5.74) is 10.4. The maximum atomic E-state index is 14.7. The van der Waals surface area contributed by atoms with E-state index in [1.165, 1.54) is 25.0 Å². The molecular formula is C49H59Br2F4ISi. The van der Waals surface area contributed by atoms with Crippen LogP contribution in [0.4, 0.5) is 17.6 Å². The van der Waals surface area contributed by atoms with Crippen LogP contribution in [-0.2, 0) is 12.8 Å². The van der Waals surface area contributed by atoms with Crippen LogP contribution < -0.4 is 0 Å². The van der Waals surface area contributed by atoms with Gasteiger partial charge in [-0.25, -0.2) is 17.6 Å². The molecule has 0 nitrogen and oxygen atoms in total. The average molecular weight is 1040 g/mol. The molecule has 0 fully saturated rings. The van der Waals surface area contributed by atoms with Gasteiger partial charge in [0.25, 0.3) is 0 Å².